The zero-order valence-corrected chi connectivity index (χ0v) is 9.29. The van der Waals surface area contributed by atoms with Crippen LogP contribution in [-0.2, 0) is 0 Å². The number of aromatic nitrogens is 1. The zero-order valence-electron chi connectivity index (χ0n) is 9.29. The molecule has 0 radical (unpaired) electrons. The molecule has 1 aromatic rings. The molecule has 1 atom stereocenters. The van der Waals surface area contributed by atoms with Gasteiger partial charge >= 0.3 is 0 Å². The van der Waals surface area contributed by atoms with E-state index in [4.69, 9.17) is 0 Å². The zero-order chi connectivity index (χ0) is 10.5. The Kier molecular flexibility index (Phi) is 3.56. The third-order valence-electron chi connectivity index (χ3n) is 2.85. The van der Waals surface area contributed by atoms with Gasteiger partial charge in [-0.15, -0.1) is 0 Å². The Hall–Kier alpha value is -1.09. The van der Waals surface area contributed by atoms with Crippen molar-refractivity contribution in [2.24, 2.45) is 0 Å². The summed E-state index contributed by atoms with van der Waals surface area (Å²) in [7, 11) is 0. The summed E-state index contributed by atoms with van der Waals surface area (Å²) in [6.07, 6.45) is 5.84. The third kappa shape index (κ3) is 3.20. The summed E-state index contributed by atoms with van der Waals surface area (Å²) in [6.45, 7) is 4.20. The van der Waals surface area contributed by atoms with Gasteiger partial charge in [0.25, 0.3) is 0 Å². The van der Waals surface area contributed by atoms with Crippen molar-refractivity contribution in [3.63, 3.8) is 0 Å². The van der Waals surface area contributed by atoms with E-state index in [0.717, 1.165) is 18.9 Å². The topological polar surface area (TPSA) is 37.0 Å². The minimum absolute atomic E-state index is 0.613. The van der Waals surface area contributed by atoms with E-state index < -0.39 is 0 Å². The van der Waals surface area contributed by atoms with E-state index in [1.807, 2.05) is 12.3 Å². The molecule has 1 fully saturated rings. The fourth-order valence-corrected chi connectivity index (χ4v) is 1.90. The summed E-state index contributed by atoms with van der Waals surface area (Å²) in [6, 6.07) is 4.74. The molecule has 0 aromatic carbocycles. The van der Waals surface area contributed by atoms with Crippen LogP contribution in [0.4, 0.5) is 5.82 Å². The van der Waals surface area contributed by atoms with Crippen molar-refractivity contribution in [1.29, 1.82) is 0 Å². The molecule has 82 valence electrons. The molecule has 2 heterocycles. The van der Waals surface area contributed by atoms with Crippen molar-refractivity contribution in [3.05, 3.63) is 23.9 Å². The molecule has 0 aliphatic carbocycles. The third-order valence-corrected chi connectivity index (χ3v) is 2.85. The molecule has 15 heavy (non-hydrogen) atoms. The highest BCUT2D eigenvalue weighted by Gasteiger charge is 2.11. The molecule has 1 aliphatic rings. The molecule has 3 heteroatoms. The van der Waals surface area contributed by atoms with Crippen LogP contribution in [0.15, 0.2) is 18.3 Å². The predicted octanol–water partition coefficient (Wildman–Crippen LogP) is 1.94. The average Bonchev–Trinajstić information content (AvgIpc) is 2.30. The van der Waals surface area contributed by atoms with Crippen LogP contribution in [0.5, 0.6) is 0 Å². The first-order valence-corrected chi connectivity index (χ1v) is 5.74. The van der Waals surface area contributed by atoms with Gasteiger partial charge in [0.1, 0.15) is 5.82 Å². The molecule has 0 bridgehead atoms. The van der Waals surface area contributed by atoms with Crippen LogP contribution in [0.3, 0.4) is 0 Å². The van der Waals surface area contributed by atoms with Crippen molar-refractivity contribution < 1.29 is 0 Å². The lowest BCUT2D eigenvalue weighted by atomic mass is 10.1. The van der Waals surface area contributed by atoms with Gasteiger partial charge < -0.3 is 10.6 Å². The van der Waals surface area contributed by atoms with Gasteiger partial charge in [-0.25, -0.2) is 4.98 Å². The Bertz CT molecular complexity index is 288. The van der Waals surface area contributed by atoms with Gasteiger partial charge in [-0.05, 0) is 37.9 Å². The number of piperidine rings is 1. The van der Waals surface area contributed by atoms with Crippen LogP contribution in [0.2, 0.25) is 0 Å². The first kappa shape index (κ1) is 10.4. The second-order valence-electron chi connectivity index (χ2n) is 4.25. The van der Waals surface area contributed by atoms with E-state index >= 15 is 0 Å². The quantitative estimate of drug-likeness (QED) is 0.792. The maximum absolute atomic E-state index is 4.32. The molecule has 1 aliphatic heterocycles. The maximum atomic E-state index is 4.32. The molecule has 0 spiro atoms. The Morgan fingerprint density at radius 2 is 2.40 bits per heavy atom. The Balaban J connectivity index is 1.79. The highest BCUT2D eigenvalue weighted by Crippen LogP contribution is 2.09. The van der Waals surface area contributed by atoms with E-state index in [9.17, 15) is 0 Å². The van der Waals surface area contributed by atoms with Gasteiger partial charge in [0, 0.05) is 18.8 Å². The normalized spacial score (nSPS) is 21.3. The second-order valence-corrected chi connectivity index (χ2v) is 4.25. The number of nitrogens with one attached hydrogen (secondary N) is 2. The first-order chi connectivity index (χ1) is 7.34. The molecule has 2 N–H and O–H groups in total. The minimum Gasteiger partial charge on any atom is -0.369 e. The maximum Gasteiger partial charge on any atom is 0.125 e. The van der Waals surface area contributed by atoms with E-state index in [2.05, 4.69) is 28.6 Å². The fourth-order valence-electron chi connectivity index (χ4n) is 1.90. The van der Waals surface area contributed by atoms with Crippen LogP contribution < -0.4 is 10.6 Å². The molecule has 2 rings (SSSR count). The Morgan fingerprint density at radius 3 is 3.07 bits per heavy atom. The predicted molar refractivity (Wildman–Crippen MR) is 63.1 cm³/mol. The average molecular weight is 205 g/mol. The number of hydrogen-bond donors (Lipinski definition) is 2. The van der Waals surface area contributed by atoms with Crippen LogP contribution in [-0.4, -0.2) is 24.1 Å². The van der Waals surface area contributed by atoms with Crippen LogP contribution in [0.1, 0.15) is 24.8 Å². The lowest BCUT2D eigenvalue weighted by Gasteiger charge is -2.23. The van der Waals surface area contributed by atoms with Gasteiger partial charge in [0.2, 0.25) is 0 Å². The summed E-state index contributed by atoms with van der Waals surface area (Å²) in [5.74, 6) is 0.980. The minimum atomic E-state index is 0.613. The lowest BCUT2D eigenvalue weighted by molar-refractivity contribution is 0.414. The van der Waals surface area contributed by atoms with Gasteiger partial charge in [-0.1, -0.05) is 12.5 Å². The standard InChI is InChI=1S/C12H19N3/c1-10-5-6-12(14-8-10)15-9-11-4-2-3-7-13-11/h5-6,8,11,13H,2-4,7,9H2,1H3,(H,14,15)/t11-/m1/s1. The lowest BCUT2D eigenvalue weighted by Crippen LogP contribution is -2.39. The van der Waals surface area contributed by atoms with E-state index in [1.54, 1.807) is 0 Å². The Labute approximate surface area is 91.3 Å². The van der Waals surface area contributed by atoms with Crippen molar-refractivity contribution in [1.82, 2.24) is 10.3 Å². The highest BCUT2D eigenvalue weighted by atomic mass is 15.0. The van der Waals surface area contributed by atoms with Gasteiger partial charge in [0.05, 0.1) is 0 Å². The summed E-state index contributed by atoms with van der Waals surface area (Å²) < 4.78 is 0. The van der Waals surface area contributed by atoms with Crippen molar-refractivity contribution in [3.8, 4) is 0 Å². The number of anilines is 1. The molecule has 0 amide bonds. The molecule has 0 saturated carbocycles. The summed E-state index contributed by atoms with van der Waals surface area (Å²) in [5.41, 5.74) is 1.20. The molecule has 1 aromatic heterocycles. The molecular formula is C12H19N3. The Morgan fingerprint density at radius 1 is 1.47 bits per heavy atom. The van der Waals surface area contributed by atoms with Crippen molar-refractivity contribution in [2.75, 3.05) is 18.4 Å². The summed E-state index contributed by atoms with van der Waals surface area (Å²) in [4.78, 5) is 4.32. The SMILES string of the molecule is Cc1ccc(NC[C@H]2CCCCN2)nc1. The number of rotatable bonds is 3. The van der Waals surface area contributed by atoms with E-state index in [-0.39, 0.29) is 0 Å². The largest absolute Gasteiger partial charge is 0.369 e. The van der Waals surface area contributed by atoms with E-state index in [1.165, 1.54) is 24.8 Å². The molecule has 1 saturated heterocycles. The summed E-state index contributed by atoms with van der Waals surface area (Å²) >= 11 is 0. The van der Waals surface area contributed by atoms with Crippen LogP contribution >= 0.6 is 0 Å². The molecule has 0 unspecified atom stereocenters. The second kappa shape index (κ2) is 5.12. The highest BCUT2D eigenvalue weighted by molar-refractivity contribution is 5.35. The number of nitrogens with zero attached hydrogens (tertiary/aromatic N) is 1. The number of pyridine rings is 1. The smallest absolute Gasteiger partial charge is 0.125 e. The number of hydrogen-bond acceptors (Lipinski definition) is 3. The van der Waals surface area contributed by atoms with Crippen LogP contribution in [0, 0.1) is 6.92 Å². The van der Waals surface area contributed by atoms with Crippen molar-refractivity contribution in [2.45, 2.75) is 32.2 Å². The van der Waals surface area contributed by atoms with Gasteiger partial charge in [-0.3, -0.25) is 0 Å². The first-order valence-electron chi connectivity index (χ1n) is 5.74. The van der Waals surface area contributed by atoms with Gasteiger partial charge in [0.15, 0.2) is 0 Å². The van der Waals surface area contributed by atoms with Crippen LogP contribution in [0.25, 0.3) is 0 Å². The fraction of sp³-hybridized carbons (Fsp3) is 0.583. The molecular weight excluding hydrogens is 186 g/mol. The summed E-state index contributed by atoms with van der Waals surface area (Å²) in [5, 5.41) is 6.88. The number of aryl methyl sites for hydroxylation is 1. The molecule has 3 nitrogen and oxygen atoms in total. The van der Waals surface area contributed by atoms with E-state index in [0.29, 0.717) is 6.04 Å². The van der Waals surface area contributed by atoms with Gasteiger partial charge in [-0.2, -0.15) is 0 Å². The monoisotopic (exact) mass is 205 g/mol. The van der Waals surface area contributed by atoms with Crippen molar-refractivity contribution >= 4 is 5.82 Å².